The Morgan fingerprint density at radius 3 is 2.87 bits per heavy atom. The van der Waals surface area contributed by atoms with Crippen LogP contribution in [-0.2, 0) is 4.79 Å². The number of H-pyrrole nitrogens is 1. The van der Waals surface area contributed by atoms with Crippen molar-refractivity contribution in [1.29, 1.82) is 0 Å². The first kappa shape index (κ1) is 21.6. The molecule has 0 saturated heterocycles. The first-order chi connectivity index (χ1) is 15.0. The van der Waals surface area contributed by atoms with Crippen LogP contribution in [0.25, 0.3) is 21.6 Å². The molecule has 0 bridgehead atoms. The lowest BCUT2D eigenvalue weighted by Crippen LogP contribution is -2.31. The second-order valence-electron chi connectivity index (χ2n) is 6.80. The zero-order valence-corrected chi connectivity index (χ0v) is 19.5. The van der Waals surface area contributed by atoms with Gasteiger partial charge in [0.25, 0.3) is 0 Å². The van der Waals surface area contributed by atoms with E-state index < -0.39 is 0 Å². The second kappa shape index (κ2) is 9.25. The molecule has 0 fully saturated rings. The van der Waals surface area contributed by atoms with E-state index in [4.69, 9.17) is 16.3 Å². The number of nitrogens with one attached hydrogen (secondary N) is 1. The quantitative estimate of drug-likeness (QED) is 0.378. The van der Waals surface area contributed by atoms with Gasteiger partial charge in [-0.1, -0.05) is 35.5 Å². The standard InChI is InChI=1S/C21H20ClN5O2S2/c1-12(20-23-15-6-4-5-7-17(15)31-20)27(2)18(28)11-30-21-24-19(25-26-21)14-10-13(22)8-9-16(14)29-3/h4-10,12H,11H2,1-3H3,(H,24,25,26). The van der Waals surface area contributed by atoms with E-state index in [2.05, 4.69) is 20.2 Å². The summed E-state index contributed by atoms with van der Waals surface area (Å²) >= 11 is 8.98. The fraction of sp³-hybridized carbons (Fsp3) is 0.238. The molecule has 0 aliphatic heterocycles. The summed E-state index contributed by atoms with van der Waals surface area (Å²) in [6.07, 6.45) is 0. The summed E-state index contributed by atoms with van der Waals surface area (Å²) in [6.45, 7) is 1.98. The molecule has 4 rings (SSSR count). The van der Waals surface area contributed by atoms with E-state index in [9.17, 15) is 4.79 Å². The number of aromatic amines is 1. The minimum atomic E-state index is -0.121. The summed E-state index contributed by atoms with van der Waals surface area (Å²) in [5.41, 5.74) is 1.66. The molecule has 2 aromatic heterocycles. The number of carbonyl (C=O) groups excluding carboxylic acids is 1. The number of thiazole rings is 1. The van der Waals surface area contributed by atoms with Gasteiger partial charge >= 0.3 is 0 Å². The summed E-state index contributed by atoms with van der Waals surface area (Å²) < 4.78 is 6.48. The van der Waals surface area contributed by atoms with Gasteiger partial charge in [0.1, 0.15) is 10.8 Å². The number of carbonyl (C=O) groups is 1. The SMILES string of the molecule is COc1ccc(Cl)cc1-c1nc(SCC(=O)N(C)C(C)c2nc3ccccc3s2)n[nH]1. The Morgan fingerprint density at radius 2 is 2.10 bits per heavy atom. The number of halogens is 1. The molecule has 0 radical (unpaired) electrons. The van der Waals surface area contributed by atoms with E-state index in [0.717, 1.165) is 15.2 Å². The van der Waals surface area contributed by atoms with Crippen molar-refractivity contribution in [3.63, 3.8) is 0 Å². The predicted molar refractivity (Wildman–Crippen MR) is 125 cm³/mol. The lowest BCUT2D eigenvalue weighted by atomic mass is 10.2. The Hall–Kier alpha value is -2.62. The molecule has 10 heteroatoms. The maximum atomic E-state index is 12.7. The minimum Gasteiger partial charge on any atom is -0.496 e. The van der Waals surface area contributed by atoms with Gasteiger partial charge in [-0.15, -0.1) is 16.4 Å². The highest BCUT2D eigenvalue weighted by molar-refractivity contribution is 7.99. The van der Waals surface area contributed by atoms with Crippen LogP contribution in [0, 0.1) is 0 Å². The lowest BCUT2D eigenvalue weighted by Gasteiger charge is -2.22. The Balaban J connectivity index is 1.41. The van der Waals surface area contributed by atoms with Crippen molar-refractivity contribution in [2.45, 2.75) is 18.1 Å². The highest BCUT2D eigenvalue weighted by atomic mass is 35.5. The molecule has 31 heavy (non-hydrogen) atoms. The molecule has 7 nitrogen and oxygen atoms in total. The number of rotatable bonds is 7. The van der Waals surface area contributed by atoms with Crippen LogP contribution in [0.3, 0.4) is 0 Å². The topological polar surface area (TPSA) is 84.0 Å². The van der Waals surface area contributed by atoms with Crippen molar-refractivity contribution >= 4 is 50.8 Å². The third-order valence-electron chi connectivity index (χ3n) is 4.85. The monoisotopic (exact) mass is 473 g/mol. The summed E-state index contributed by atoms with van der Waals surface area (Å²) in [5.74, 6) is 1.36. The zero-order valence-electron chi connectivity index (χ0n) is 17.1. The third-order valence-corrected chi connectivity index (χ3v) is 7.12. The number of para-hydroxylation sites is 1. The van der Waals surface area contributed by atoms with Crippen LogP contribution in [-0.4, -0.2) is 50.9 Å². The molecular weight excluding hydrogens is 454 g/mol. The van der Waals surface area contributed by atoms with Crippen LogP contribution in [0.15, 0.2) is 47.6 Å². The molecule has 0 aliphatic rings. The van der Waals surface area contributed by atoms with E-state index in [0.29, 0.717) is 27.3 Å². The number of ether oxygens (including phenoxy) is 1. The van der Waals surface area contributed by atoms with Gasteiger partial charge in [0.15, 0.2) is 5.82 Å². The molecule has 160 valence electrons. The fourth-order valence-electron chi connectivity index (χ4n) is 2.98. The zero-order chi connectivity index (χ0) is 22.0. The lowest BCUT2D eigenvalue weighted by molar-refractivity contribution is -0.128. The Kier molecular flexibility index (Phi) is 6.45. The van der Waals surface area contributed by atoms with Crippen molar-refractivity contribution < 1.29 is 9.53 Å². The number of fused-ring (bicyclic) bond motifs is 1. The summed E-state index contributed by atoms with van der Waals surface area (Å²) in [5, 5.41) is 9.06. The van der Waals surface area contributed by atoms with Crippen molar-refractivity contribution in [2.24, 2.45) is 0 Å². The van der Waals surface area contributed by atoms with Crippen molar-refractivity contribution in [3.8, 4) is 17.1 Å². The number of aromatic nitrogens is 4. The molecule has 2 heterocycles. The molecule has 1 unspecified atom stereocenters. The number of amides is 1. The average molecular weight is 474 g/mol. The predicted octanol–water partition coefficient (Wildman–Crippen LogP) is 5.06. The van der Waals surface area contributed by atoms with Crippen LogP contribution >= 0.6 is 34.7 Å². The van der Waals surface area contributed by atoms with Crippen molar-refractivity contribution in [2.75, 3.05) is 19.9 Å². The average Bonchev–Trinajstić information content (AvgIpc) is 3.43. The highest BCUT2D eigenvalue weighted by Gasteiger charge is 2.21. The summed E-state index contributed by atoms with van der Waals surface area (Å²) in [6, 6.07) is 13.1. The smallest absolute Gasteiger partial charge is 0.233 e. The van der Waals surface area contributed by atoms with E-state index in [1.54, 1.807) is 48.6 Å². The molecule has 0 spiro atoms. The largest absolute Gasteiger partial charge is 0.496 e. The van der Waals surface area contributed by atoms with Gasteiger partial charge in [-0.2, -0.15) is 0 Å². The normalized spacial score (nSPS) is 12.1. The van der Waals surface area contributed by atoms with Crippen LogP contribution in [0.5, 0.6) is 5.75 Å². The number of thioether (sulfide) groups is 1. The van der Waals surface area contributed by atoms with Gasteiger partial charge < -0.3 is 9.64 Å². The van der Waals surface area contributed by atoms with Crippen LogP contribution in [0.1, 0.15) is 18.0 Å². The first-order valence-electron chi connectivity index (χ1n) is 9.46. The number of methoxy groups -OCH3 is 1. The summed E-state index contributed by atoms with van der Waals surface area (Å²) in [7, 11) is 3.37. The van der Waals surface area contributed by atoms with Gasteiger partial charge in [-0.3, -0.25) is 9.89 Å². The van der Waals surface area contributed by atoms with Crippen LogP contribution in [0.4, 0.5) is 0 Å². The number of hydrogen-bond acceptors (Lipinski definition) is 7. The Morgan fingerprint density at radius 1 is 1.29 bits per heavy atom. The molecule has 0 aliphatic carbocycles. The molecule has 1 N–H and O–H groups in total. The third kappa shape index (κ3) is 4.68. The highest BCUT2D eigenvalue weighted by Crippen LogP contribution is 2.32. The van der Waals surface area contributed by atoms with E-state index in [1.807, 2.05) is 31.2 Å². The first-order valence-corrected chi connectivity index (χ1v) is 11.6. The van der Waals surface area contributed by atoms with Gasteiger partial charge in [-0.05, 0) is 37.3 Å². The number of nitrogens with zero attached hydrogens (tertiary/aromatic N) is 4. The van der Waals surface area contributed by atoms with Crippen LogP contribution in [0.2, 0.25) is 5.02 Å². The van der Waals surface area contributed by atoms with E-state index >= 15 is 0 Å². The van der Waals surface area contributed by atoms with Crippen molar-refractivity contribution in [3.05, 3.63) is 52.5 Å². The molecule has 4 aromatic rings. The van der Waals surface area contributed by atoms with Crippen LogP contribution < -0.4 is 4.74 Å². The van der Waals surface area contributed by atoms with Gasteiger partial charge in [0.05, 0.1) is 34.7 Å². The number of benzene rings is 2. The van der Waals surface area contributed by atoms with Crippen molar-refractivity contribution in [1.82, 2.24) is 25.1 Å². The van der Waals surface area contributed by atoms with Gasteiger partial charge in [0, 0.05) is 12.1 Å². The fourth-order valence-corrected chi connectivity index (χ4v) is 4.93. The Labute approximate surface area is 192 Å². The molecule has 0 saturated carbocycles. The van der Waals surface area contributed by atoms with Gasteiger partial charge in [0.2, 0.25) is 11.1 Å². The minimum absolute atomic E-state index is 0.0246. The molecular formula is C21H20ClN5O2S2. The molecule has 1 amide bonds. The molecule has 1 atom stereocenters. The number of hydrogen-bond donors (Lipinski definition) is 1. The van der Waals surface area contributed by atoms with E-state index in [-0.39, 0.29) is 17.7 Å². The maximum Gasteiger partial charge on any atom is 0.233 e. The maximum absolute atomic E-state index is 12.7. The van der Waals surface area contributed by atoms with Gasteiger partial charge in [-0.25, -0.2) is 9.97 Å². The summed E-state index contributed by atoms with van der Waals surface area (Å²) in [4.78, 5) is 23.6. The molecule has 2 aromatic carbocycles. The second-order valence-corrected chi connectivity index (χ2v) is 9.24. The Bertz CT molecular complexity index is 1190. The van der Waals surface area contributed by atoms with E-state index in [1.165, 1.54) is 11.8 Å².